The van der Waals surface area contributed by atoms with Crippen LogP contribution in [0, 0.1) is 0 Å². The molecule has 0 spiro atoms. The van der Waals surface area contributed by atoms with Gasteiger partial charge in [-0.3, -0.25) is 10.1 Å². The zero-order chi connectivity index (χ0) is 12.7. The van der Waals surface area contributed by atoms with Crippen LogP contribution in [-0.4, -0.2) is 37.4 Å². The van der Waals surface area contributed by atoms with E-state index in [-0.39, 0.29) is 17.6 Å². The van der Waals surface area contributed by atoms with Gasteiger partial charge >= 0.3 is 5.97 Å². The Hall–Kier alpha value is -0.610. The molecule has 0 amide bonds. The third kappa shape index (κ3) is 4.64. The summed E-state index contributed by atoms with van der Waals surface area (Å²) in [5, 5.41) is 3.46. The van der Waals surface area contributed by atoms with Gasteiger partial charge in [-0.25, -0.2) is 0 Å². The molecule has 1 rings (SSSR count). The maximum atomic E-state index is 11.8. The highest BCUT2D eigenvalue weighted by Crippen LogP contribution is 2.21. The monoisotopic (exact) mass is 243 g/mol. The van der Waals surface area contributed by atoms with Crippen molar-refractivity contribution in [3.8, 4) is 0 Å². The summed E-state index contributed by atoms with van der Waals surface area (Å²) in [5.41, 5.74) is 0.00481. The number of nitrogens with one attached hydrogen (secondary N) is 1. The molecule has 1 aliphatic rings. The number of rotatable bonds is 6. The minimum atomic E-state index is -0.178. The zero-order valence-corrected chi connectivity index (χ0v) is 11.3. The van der Waals surface area contributed by atoms with Crippen molar-refractivity contribution >= 4 is 5.97 Å². The Kier molecular flexibility index (Phi) is 5.92. The summed E-state index contributed by atoms with van der Waals surface area (Å²) in [6.45, 7) is 8.07. The van der Waals surface area contributed by atoms with E-state index in [1.54, 1.807) is 0 Å². The molecule has 1 atom stereocenters. The van der Waals surface area contributed by atoms with Crippen LogP contribution in [0.2, 0.25) is 0 Å². The van der Waals surface area contributed by atoms with E-state index >= 15 is 0 Å². The van der Waals surface area contributed by atoms with E-state index in [9.17, 15) is 4.79 Å². The van der Waals surface area contributed by atoms with Crippen LogP contribution < -0.4 is 5.32 Å². The molecule has 0 saturated carbocycles. The van der Waals surface area contributed by atoms with Crippen LogP contribution in [0.15, 0.2) is 0 Å². The first-order chi connectivity index (χ1) is 8.11. The molecule has 0 aromatic rings. The van der Waals surface area contributed by atoms with Gasteiger partial charge in [0.15, 0.2) is 0 Å². The SMILES string of the molecule is CCCC(NC1(C)CCOCC1)C(=O)OCC. The van der Waals surface area contributed by atoms with Crippen molar-refractivity contribution in [2.24, 2.45) is 0 Å². The van der Waals surface area contributed by atoms with Crippen LogP contribution in [0.5, 0.6) is 0 Å². The summed E-state index contributed by atoms with van der Waals surface area (Å²) < 4.78 is 10.5. The van der Waals surface area contributed by atoms with Gasteiger partial charge in [-0.15, -0.1) is 0 Å². The molecule has 17 heavy (non-hydrogen) atoms. The Labute approximate surface area is 104 Å². The van der Waals surface area contributed by atoms with Gasteiger partial charge in [0, 0.05) is 18.8 Å². The predicted octanol–water partition coefficient (Wildman–Crippen LogP) is 1.88. The number of carbonyl (C=O) groups excluding carboxylic acids is 1. The summed E-state index contributed by atoms with van der Waals surface area (Å²) >= 11 is 0. The maximum absolute atomic E-state index is 11.8. The number of ether oxygens (including phenoxy) is 2. The Balaban J connectivity index is 2.55. The van der Waals surface area contributed by atoms with E-state index in [2.05, 4.69) is 19.2 Å². The lowest BCUT2D eigenvalue weighted by atomic mass is 9.91. The van der Waals surface area contributed by atoms with Gasteiger partial charge in [0.1, 0.15) is 6.04 Å². The van der Waals surface area contributed by atoms with Crippen LogP contribution in [0.1, 0.15) is 46.5 Å². The Morgan fingerprint density at radius 2 is 2.06 bits per heavy atom. The molecular formula is C13H25NO3. The third-order valence-corrected chi connectivity index (χ3v) is 3.27. The fourth-order valence-electron chi connectivity index (χ4n) is 2.17. The van der Waals surface area contributed by atoms with E-state index in [4.69, 9.17) is 9.47 Å². The number of hydrogen-bond donors (Lipinski definition) is 1. The second-order valence-corrected chi connectivity index (χ2v) is 4.91. The summed E-state index contributed by atoms with van der Waals surface area (Å²) in [6.07, 6.45) is 3.71. The van der Waals surface area contributed by atoms with Crippen molar-refractivity contribution in [3.63, 3.8) is 0 Å². The number of esters is 1. The van der Waals surface area contributed by atoms with Gasteiger partial charge in [0.25, 0.3) is 0 Å². The van der Waals surface area contributed by atoms with E-state index in [1.165, 1.54) is 0 Å². The summed E-state index contributed by atoms with van der Waals surface area (Å²) in [5.74, 6) is -0.123. The largest absolute Gasteiger partial charge is 0.465 e. The van der Waals surface area contributed by atoms with Gasteiger partial charge in [-0.2, -0.15) is 0 Å². The molecule has 0 aromatic heterocycles. The highest BCUT2D eigenvalue weighted by Gasteiger charge is 2.32. The Morgan fingerprint density at radius 3 is 2.59 bits per heavy atom. The van der Waals surface area contributed by atoms with Crippen molar-refractivity contribution in [1.82, 2.24) is 5.32 Å². The first-order valence-corrected chi connectivity index (χ1v) is 6.63. The molecule has 1 saturated heterocycles. The zero-order valence-electron chi connectivity index (χ0n) is 11.3. The van der Waals surface area contributed by atoms with Gasteiger partial charge in [0.2, 0.25) is 0 Å². The molecule has 0 aliphatic carbocycles. The van der Waals surface area contributed by atoms with Crippen molar-refractivity contribution in [2.45, 2.75) is 58.0 Å². The van der Waals surface area contributed by atoms with Gasteiger partial charge < -0.3 is 9.47 Å². The highest BCUT2D eigenvalue weighted by molar-refractivity contribution is 5.75. The second kappa shape index (κ2) is 6.97. The lowest BCUT2D eigenvalue weighted by Crippen LogP contribution is -2.54. The Morgan fingerprint density at radius 1 is 1.41 bits per heavy atom. The van der Waals surface area contributed by atoms with Gasteiger partial charge in [-0.05, 0) is 33.1 Å². The molecule has 0 aromatic carbocycles. The van der Waals surface area contributed by atoms with Crippen LogP contribution in [0.4, 0.5) is 0 Å². The van der Waals surface area contributed by atoms with Gasteiger partial charge in [0.05, 0.1) is 6.61 Å². The van der Waals surface area contributed by atoms with E-state index in [0.29, 0.717) is 6.61 Å². The van der Waals surface area contributed by atoms with Gasteiger partial charge in [-0.1, -0.05) is 13.3 Å². The lowest BCUT2D eigenvalue weighted by Gasteiger charge is -2.37. The normalized spacial score (nSPS) is 20.9. The van der Waals surface area contributed by atoms with E-state index < -0.39 is 0 Å². The smallest absolute Gasteiger partial charge is 0.323 e. The van der Waals surface area contributed by atoms with Crippen LogP contribution in [0.3, 0.4) is 0 Å². The molecule has 4 heteroatoms. The second-order valence-electron chi connectivity index (χ2n) is 4.91. The number of hydrogen-bond acceptors (Lipinski definition) is 4. The first-order valence-electron chi connectivity index (χ1n) is 6.63. The van der Waals surface area contributed by atoms with Crippen molar-refractivity contribution < 1.29 is 14.3 Å². The number of carbonyl (C=O) groups is 1. The predicted molar refractivity (Wildman–Crippen MR) is 66.9 cm³/mol. The summed E-state index contributed by atoms with van der Waals surface area (Å²) in [7, 11) is 0. The maximum Gasteiger partial charge on any atom is 0.323 e. The van der Waals surface area contributed by atoms with E-state index in [1.807, 2.05) is 6.92 Å². The molecule has 1 N–H and O–H groups in total. The van der Waals surface area contributed by atoms with Crippen LogP contribution in [0.25, 0.3) is 0 Å². The first kappa shape index (κ1) is 14.5. The lowest BCUT2D eigenvalue weighted by molar-refractivity contribution is -0.146. The van der Waals surface area contributed by atoms with E-state index in [0.717, 1.165) is 38.9 Å². The molecule has 1 heterocycles. The van der Waals surface area contributed by atoms with Crippen LogP contribution in [-0.2, 0) is 14.3 Å². The van der Waals surface area contributed by atoms with Crippen molar-refractivity contribution in [3.05, 3.63) is 0 Å². The average Bonchev–Trinajstić information content (AvgIpc) is 2.29. The Bertz CT molecular complexity index is 237. The molecule has 0 radical (unpaired) electrons. The average molecular weight is 243 g/mol. The molecule has 100 valence electrons. The standard InChI is InChI=1S/C13H25NO3/c1-4-6-11(12(15)17-5-2)14-13(3)7-9-16-10-8-13/h11,14H,4-10H2,1-3H3. The molecule has 4 nitrogen and oxygen atoms in total. The topological polar surface area (TPSA) is 47.6 Å². The van der Waals surface area contributed by atoms with Crippen LogP contribution >= 0.6 is 0 Å². The summed E-state index contributed by atoms with van der Waals surface area (Å²) in [6, 6.07) is -0.178. The molecule has 1 fully saturated rings. The minimum absolute atomic E-state index is 0.00481. The quantitative estimate of drug-likeness (QED) is 0.724. The minimum Gasteiger partial charge on any atom is -0.465 e. The molecule has 1 aliphatic heterocycles. The fourth-order valence-corrected chi connectivity index (χ4v) is 2.17. The summed E-state index contributed by atoms with van der Waals surface area (Å²) in [4.78, 5) is 11.8. The molecule has 0 bridgehead atoms. The third-order valence-electron chi connectivity index (χ3n) is 3.27. The van der Waals surface area contributed by atoms with Crippen molar-refractivity contribution in [1.29, 1.82) is 0 Å². The highest BCUT2D eigenvalue weighted by atomic mass is 16.5. The molecule has 1 unspecified atom stereocenters. The van der Waals surface area contributed by atoms with Crippen molar-refractivity contribution in [2.75, 3.05) is 19.8 Å². The molecular weight excluding hydrogens is 218 g/mol. The fraction of sp³-hybridized carbons (Fsp3) is 0.923.